The van der Waals surface area contributed by atoms with E-state index in [4.69, 9.17) is 39.5 Å². The molecular weight excluding hydrogens is 455 g/mol. The number of ether oxygens (including phenoxy) is 2. The lowest BCUT2D eigenvalue weighted by atomic mass is 10.1. The Morgan fingerprint density at radius 2 is 1.73 bits per heavy atom. The summed E-state index contributed by atoms with van der Waals surface area (Å²) in [5.74, 6) is -1.10. The number of rotatable bonds is 6. The zero-order valence-electron chi connectivity index (χ0n) is 15.6. The smallest absolute Gasteiger partial charge is 0.329 e. The first kappa shape index (κ1) is 22.0. The number of hydrogen-bond donors (Lipinski definition) is 1. The second-order valence-electron chi connectivity index (χ2n) is 6.18. The summed E-state index contributed by atoms with van der Waals surface area (Å²) < 4.78 is 10.2. The third kappa shape index (κ3) is 5.05. The lowest BCUT2D eigenvalue weighted by molar-refractivity contribution is -0.143. The molecular formula is C20H15Cl3N2O5. The van der Waals surface area contributed by atoms with E-state index in [0.717, 1.165) is 17.6 Å². The number of benzene rings is 2. The van der Waals surface area contributed by atoms with Crippen molar-refractivity contribution in [2.45, 2.75) is 6.61 Å². The standard InChI is InChI=1S/C20H15Cl3N2O5/c1-29-17(26)9-25-19(27)16(24-20(25)28)8-12-6-14(22)18(15(23)7-12)30-10-11-2-4-13(21)5-3-11/h2-8H,9-10H2,1H3,(H,24,28)/b16-8+. The average molecular weight is 470 g/mol. The largest absolute Gasteiger partial charge is 0.486 e. The van der Waals surface area contributed by atoms with Gasteiger partial charge in [0.15, 0.2) is 5.75 Å². The van der Waals surface area contributed by atoms with E-state index in [2.05, 4.69) is 10.1 Å². The number of carbonyl (C=O) groups excluding carboxylic acids is 3. The molecule has 1 heterocycles. The maximum atomic E-state index is 12.4. The fourth-order valence-electron chi connectivity index (χ4n) is 2.61. The minimum atomic E-state index is -0.725. The van der Waals surface area contributed by atoms with E-state index in [1.807, 2.05) is 12.1 Å². The van der Waals surface area contributed by atoms with Gasteiger partial charge in [-0.3, -0.25) is 9.59 Å². The molecule has 0 atom stereocenters. The summed E-state index contributed by atoms with van der Waals surface area (Å²) in [5.41, 5.74) is 1.32. The molecule has 3 amide bonds. The van der Waals surface area contributed by atoms with Gasteiger partial charge in [0.2, 0.25) is 0 Å². The van der Waals surface area contributed by atoms with Gasteiger partial charge in [0.1, 0.15) is 18.8 Å². The molecule has 1 aliphatic heterocycles. The van der Waals surface area contributed by atoms with E-state index in [1.54, 1.807) is 24.3 Å². The van der Waals surface area contributed by atoms with Crippen molar-refractivity contribution in [2.24, 2.45) is 0 Å². The molecule has 3 rings (SSSR count). The first-order valence-electron chi connectivity index (χ1n) is 8.56. The summed E-state index contributed by atoms with van der Waals surface area (Å²) in [5, 5.41) is 3.47. The summed E-state index contributed by atoms with van der Waals surface area (Å²) in [4.78, 5) is 36.4. The molecule has 2 aromatic rings. The second-order valence-corrected chi connectivity index (χ2v) is 7.44. The van der Waals surface area contributed by atoms with Crippen molar-refractivity contribution in [1.82, 2.24) is 10.2 Å². The van der Waals surface area contributed by atoms with Crippen LogP contribution in [0.1, 0.15) is 11.1 Å². The maximum absolute atomic E-state index is 12.4. The molecule has 0 aromatic heterocycles. The number of urea groups is 1. The number of imide groups is 1. The van der Waals surface area contributed by atoms with Crippen molar-refractivity contribution >= 4 is 58.8 Å². The molecule has 7 nitrogen and oxygen atoms in total. The highest BCUT2D eigenvalue weighted by molar-refractivity contribution is 6.37. The van der Waals surface area contributed by atoms with Crippen LogP contribution in [0.4, 0.5) is 4.79 Å². The van der Waals surface area contributed by atoms with Gasteiger partial charge < -0.3 is 14.8 Å². The Hall–Kier alpha value is -2.74. The van der Waals surface area contributed by atoms with Crippen molar-refractivity contribution in [1.29, 1.82) is 0 Å². The maximum Gasteiger partial charge on any atom is 0.329 e. The zero-order valence-corrected chi connectivity index (χ0v) is 17.8. The summed E-state index contributed by atoms with van der Waals surface area (Å²) in [7, 11) is 1.16. The van der Waals surface area contributed by atoms with Crippen LogP contribution < -0.4 is 10.1 Å². The number of hydrogen-bond acceptors (Lipinski definition) is 5. The van der Waals surface area contributed by atoms with Crippen LogP contribution >= 0.6 is 34.8 Å². The fourth-order valence-corrected chi connectivity index (χ4v) is 3.35. The van der Waals surface area contributed by atoms with E-state index < -0.39 is 24.5 Å². The molecule has 0 spiro atoms. The summed E-state index contributed by atoms with van der Waals surface area (Å²) in [6, 6.07) is 9.48. The molecule has 0 bridgehead atoms. The molecule has 156 valence electrons. The molecule has 0 radical (unpaired) electrons. The molecule has 0 unspecified atom stereocenters. The first-order chi connectivity index (χ1) is 14.3. The minimum Gasteiger partial charge on any atom is -0.486 e. The second kappa shape index (κ2) is 9.38. The van der Waals surface area contributed by atoms with Crippen molar-refractivity contribution in [3.63, 3.8) is 0 Å². The van der Waals surface area contributed by atoms with E-state index in [9.17, 15) is 14.4 Å². The lowest BCUT2D eigenvalue weighted by Gasteiger charge is -2.11. The Balaban J connectivity index is 1.76. The molecule has 0 saturated carbocycles. The number of halogens is 3. The van der Waals surface area contributed by atoms with Crippen LogP contribution in [0.25, 0.3) is 6.08 Å². The van der Waals surface area contributed by atoms with Gasteiger partial charge in [-0.2, -0.15) is 0 Å². The third-order valence-corrected chi connectivity index (χ3v) is 4.92. The van der Waals surface area contributed by atoms with Gasteiger partial charge in [0.05, 0.1) is 17.2 Å². The summed E-state index contributed by atoms with van der Waals surface area (Å²) in [6.45, 7) is -0.258. The Morgan fingerprint density at radius 3 is 2.33 bits per heavy atom. The topological polar surface area (TPSA) is 84.9 Å². The Kier molecular flexibility index (Phi) is 6.87. The highest BCUT2D eigenvalue weighted by Gasteiger charge is 2.35. The highest BCUT2D eigenvalue weighted by atomic mass is 35.5. The quantitative estimate of drug-likeness (QED) is 0.387. The predicted molar refractivity (Wildman–Crippen MR) is 112 cm³/mol. The Morgan fingerprint density at radius 1 is 1.10 bits per heavy atom. The van der Waals surface area contributed by atoms with E-state index >= 15 is 0 Å². The van der Waals surface area contributed by atoms with Crippen LogP contribution in [0.2, 0.25) is 15.1 Å². The van der Waals surface area contributed by atoms with Crippen molar-refractivity contribution in [3.8, 4) is 5.75 Å². The molecule has 1 aliphatic rings. The van der Waals surface area contributed by atoms with Crippen LogP contribution in [-0.2, 0) is 20.9 Å². The average Bonchev–Trinajstić information content (AvgIpc) is 2.96. The molecule has 2 aromatic carbocycles. The van der Waals surface area contributed by atoms with Crippen LogP contribution in [0, 0.1) is 0 Å². The van der Waals surface area contributed by atoms with Crippen LogP contribution in [-0.4, -0.2) is 36.5 Å². The van der Waals surface area contributed by atoms with Gasteiger partial charge in [-0.15, -0.1) is 0 Å². The monoisotopic (exact) mass is 468 g/mol. The number of esters is 1. The molecule has 1 saturated heterocycles. The Labute approximate surface area is 187 Å². The van der Waals surface area contributed by atoms with Gasteiger partial charge in [-0.05, 0) is 41.5 Å². The molecule has 30 heavy (non-hydrogen) atoms. The zero-order chi connectivity index (χ0) is 21.8. The van der Waals surface area contributed by atoms with Gasteiger partial charge in [0.25, 0.3) is 5.91 Å². The normalized spacial score (nSPS) is 14.8. The predicted octanol–water partition coefficient (Wildman–Crippen LogP) is 4.29. The number of nitrogens with one attached hydrogen (secondary N) is 1. The van der Waals surface area contributed by atoms with Gasteiger partial charge in [0, 0.05) is 5.02 Å². The molecule has 1 N–H and O–H groups in total. The van der Waals surface area contributed by atoms with Crippen molar-refractivity contribution in [2.75, 3.05) is 13.7 Å². The Bertz CT molecular complexity index is 1010. The van der Waals surface area contributed by atoms with E-state index in [-0.39, 0.29) is 28.1 Å². The molecule has 10 heteroatoms. The number of carbonyl (C=O) groups is 3. The summed E-state index contributed by atoms with van der Waals surface area (Å²) in [6.07, 6.45) is 1.40. The van der Waals surface area contributed by atoms with Crippen LogP contribution in [0.5, 0.6) is 5.75 Å². The number of nitrogens with zero attached hydrogens (tertiary/aromatic N) is 1. The lowest BCUT2D eigenvalue weighted by Crippen LogP contribution is -2.36. The van der Waals surface area contributed by atoms with E-state index in [0.29, 0.717) is 10.6 Å². The molecule has 0 aliphatic carbocycles. The minimum absolute atomic E-state index is 0.0223. The first-order valence-corrected chi connectivity index (χ1v) is 9.69. The number of amides is 3. The fraction of sp³-hybridized carbons (Fsp3) is 0.150. The molecule has 1 fully saturated rings. The van der Waals surface area contributed by atoms with Crippen LogP contribution in [0.3, 0.4) is 0 Å². The van der Waals surface area contributed by atoms with Gasteiger partial charge in [-0.25, -0.2) is 9.69 Å². The van der Waals surface area contributed by atoms with Gasteiger partial charge >= 0.3 is 12.0 Å². The highest BCUT2D eigenvalue weighted by Crippen LogP contribution is 2.35. The van der Waals surface area contributed by atoms with Gasteiger partial charge in [-0.1, -0.05) is 46.9 Å². The summed E-state index contributed by atoms with van der Waals surface area (Å²) >= 11 is 18.4. The SMILES string of the molecule is COC(=O)CN1C(=O)N/C(=C/c2cc(Cl)c(OCc3ccc(Cl)cc3)c(Cl)c2)C1=O. The van der Waals surface area contributed by atoms with E-state index in [1.165, 1.54) is 6.08 Å². The number of methoxy groups -OCH3 is 1. The van der Waals surface area contributed by atoms with Crippen LogP contribution in [0.15, 0.2) is 42.1 Å². The van der Waals surface area contributed by atoms with Crippen molar-refractivity contribution in [3.05, 3.63) is 68.3 Å². The van der Waals surface area contributed by atoms with Crippen molar-refractivity contribution < 1.29 is 23.9 Å². The third-order valence-electron chi connectivity index (χ3n) is 4.11.